The highest BCUT2D eigenvalue weighted by molar-refractivity contribution is 7.10. The number of carboxylic acid groups (broad SMARTS) is 1. The lowest BCUT2D eigenvalue weighted by atomic mass is 10.3. The van der Waals surface area contributed by atoms with Gasteiger partial charge >= 0.3 is 5.97 Å². The second-order valence-electron chi connectivity index (χ2n) is 3.67. The van der Waals surface area contributed by atoms with Crippen molar-refractivity contribution in [2.75, 3.05) is 0 Å². The van der Waals surface area contributed by atoms with Gasteiger partial charge in [0.15, 0.2) is 0 Å². The molecule has 88 valence electrons. The van der Waals surface area contributed by atoms with Gasteiger partial charge in [0.05, 0.1) is 12.2 Å². The predicted octanol–water partition coefficient (Wildman–Crippen LogP) is 2.40. The minimum Gasteiger partial charge on any atom is -0.478 e. The average molecular weight is 248 g/mol. The van der Waals surface area contributed by atoms with E-state index in [0.717, 1.165) is 28.8 Å². The van der Waals surface area contributed by atoms with Crippen LogP contribution in [0.3, 0.4) is 0 Å². The zero-order chi connectivity index (χ0) is 12.3. The third-order valence-corrected chi connectivity index (χ3v) is 3.12. The summed E-state index contributed by atoms with van der Waals surface area (Å²) in [6.07, 6.45) is 4.67. The van der Waals surface area contributed by atoms with Crippen LogP contribution in [0, 0.1) is 6.92 Å². The first-order valence-corrected chi connectivity index (χ1v) is 6.00. The van der Waals surface area contributed by atoms with Crippen molar-refractivity contribution in [3.63, 3.8) is 0 Å². The summed E-state index contributed by atoms with van der Waals surface area (Å²) in [4.78, 5) is 11.5. The Morgan fingerprint density at radius 3 is 3.12 bits per heavy atom. The van der Waals surface area contributed by atoms with Crippen LogP contribution in [0.2, 0.25) is 0 Å². The number of aromatic nitrogens is 2. The molecule has 1 N–H and O–H groups in total. The molecule has 5 heteroatoms. The van der Waals surface area contributed by atoms with E-state index in [4.69, 9.17) is 5.11 Å². The van der Waals surface area contributed by atoms with Gasteiger partial charge in [-0.1, -0.05) is 0 Å². The van der Waals surface area contributed by atoms with Crippen LogP contribution in [0.4, 0.5) is 0 Å². The van der Waals surface area contributed by atoms with Crippen LogP contribution in [-0.4, -0.2) is 20.9 Å². The molecule has 0 aliphatic heterocycles. The van der Waals surface area contributed by atoms with Crippen LogP contribution < -0.4 is 0 Å². The molecule has 0 saturated carbocycles. The van der Waals surface area contributed by atoms with Crippen LogP contribution >= 0.6 is 11.3 Å². The average Bonchev–Trinajstić information content (AvgIpc) is 2.86. The van der Waals surface area contributed by atoms with Crippen molar-refractivity contribution in [3.8, 4) is 0 Å². The molecule has 2 aromatic heterocycles. The Morgan fingerprint density at radius 2 is 2.47 bits per heavy atom. The summed E-state index contributed by atoms with van der Waals surface area (Å²) in [7, 11) is 0. The van der Waals surface area contributed by atoms with Gasteiger partial charge in [-0.15, -0.1) is 11.3 Å². The van der Waals surface area contributed by atoms with E-state index in [1.54, 1.807) is 17.4 Å². The lowest BCUT2D eigenvalue weighted by molar-refractivity contribution is -0.131. The quantitative estimate of drug-likeness (QED) is 0.845. The van der Waals surface area contributed by atoms with Crippen molar-refractivity contribution in [1.82, 2.24) is 9.78 Å². The maximum atomic E-state index is 10.4. The molecule has 4 nitrogen and oxygen atoms in total. The number of carbonyl (C=O) groups is 1. The summed E-state index contributed by atoms with van der Waals surface area (Å²) in [5.41, 5.74) is 1.91. The van der Waals surface area contributed by atoms with Crippen LogP contribution in [0.5, 0.6) is 0 Å². The minimum absolute atomic E-state index is 0.722. The molecule has 2 heterocycles. The largest absolute Gasteiger partial charge is 0.478 e. The third kappa shape index (κ3) is 3.29. The summed E-state index contributed by atoms with van der Waals surface area (Å²) >= 11 is 1.60. The molecule has 0 fully saturated rings. The molecule has 2 aromatic rings. The lowest BCUT2D eigenvalue weighted by Gasteiger charge is -1.96. The van der Waals surface area contributed by atoms with E-state index in [0.29, 0.717) is 0 Å². The van der Waals surface area contributed by atoms with E-state index in [1.165, 1.54) is 0 Å². The van der Waals surface area contributed by atoms with Gasteiger partial charge in [-0.2, -0.15) is 5.10 Å². The Morgan fingerprint density at radius 1 is 1.65 bits per heavy atom. The highest BCUT2D eigenvalue weighted by Gasteiger charge is 2.00. The summed E-state index contributed by atoms with van der Waals surface area (Å²) in [5.74, 6) is -0.930. The molecule has 0 spiro atoms. The number of nitrogens with zero attached hydrogens (tertiary/aromatic N) is 2. The summed E-state index contributed by atoms with van der Waals surface area (Å²) in [6.45, 7) is 2.67. The van der Waals surface area contributed by atoms with E-state index < -0.39 is 5.97 Å². The van der Waals surface area contributed by atoms with Crippen molar-refractivity contribution >= 4 is 23.4 Å². The highest BCUT2D eigenvalue weighted by Crippen LogP contribution is 2.17. The first kappa shape index (κ1) is 11.6. The van der Waals surface area contributed by atoms with E-state index in [2.05, 4.69) is 5.10 Å². The number of aryl methyl sites for hydroxylation is 1. The minimum atomic E-state index is -0.930. The topological polar surface area (TPSA) is 55.1 Å². The van der Waals surface area contributed by atoms with E-state index in [-0.39, 0.29) is 0 Å². The van der Waals surface area contributed by atoms with Crippen LogP contribution in [-0.2, 0) is 11.3 Å². The van der Waals surface area contributed by atoms with Gasteiger partial charge in [0, 0.05) is 17.2 Å². The summed E-state index contributed by atoms with van der Waals surface area (Å²) < 4.78 is 1.87. The number of aliphatic carboxylic acids is 1. The van der Waals surface area contributed by atoms with Gasteiger partial charge in [0.1, 0.15) is 0 Å². The maximum absolute atomic E-state index is 10.4. The normalized spacial score (nSPS) is 11.1. The SMILES string of the molecule is Cc1ccn(Cc2cc(C=CC(=O)O)cs2)n1. The van der Waals surface area contributed by atoms with Gasteiger partial charge in [-0.3, -0.25) is 4.68 Å². The van der Waals surface area contributed by atoms with Crippen LogP contribution in [0.15, 0.2) is 29.8 Å². The van der Waals surface area contributed by atoms with Crippen LogP contribution in [0.1, 0.15) is 16.1 Å². The van der Waals surface area contributed by atoms with Crippen molar-refractivity contribution in [3.05, 3.63) is 45.9 Å². The van der Waals surface area contributed by atoms with Crippen molar-refractivity contribution < 1.29 is 9.90 Å². The third-order valence-electron chi connectivity index (χ3n) is 2.18. The number of carboxylic acids is 1. The van der Waals surface area contributed by atoms with Gasteiger partial charge in [-0.25, -0.2) is 4.79 Å². The number of thiophene rings is 1. The molecule has 0 bridgehead atoms. The van der Waals surface area contributed by atoms with Gasteiger partial charge in [-0.05, 0) is 36.1 Å². The maximum Gasteiger partial charge on any atom is 0.328 e. The molecule has 0 unspecified atom stereocenters. The van der Waals surface area contributed by atoms with Crippen LogP contribution in [0.25, 0.3) is 6.08 Å². The Kier molecular flexibility index (Phi) is 3.39. The summed E-state index contributed by atoms with van der Waals surface area (Å²) in [6, 6.07) is 3.93. The second kappa shape index (κ2) is 4.97. The molecule has 0 radical (unpaired) electrons. The summed E-state index contributed by atoms with van der Waals surface area (Å²) in [5, 5.41) is 14.8. The first-order chi connectivity index (χ1) is 8.13. The molecule has 0 aliphatic carbocycles. The smallest absolute Gasteiger partial charge is 0.328 e. The molecule has 0 amide bonds. The standard InChI is InChI=1S/C12H12N2O2S/c1-9-4-5-14(13-9)7-11-6-10(8-17-11)2-3-12(15)16/h2-6,8H,7H2,1H3,(H,15,16). The van der Waals surface area contributed by atoms with Gasteiger partial charge < -0.3 is 5.11 Å². The Labute approximate surface area is 103 Å². The number of hydrogen-bond acceptors (Lipinski definition) is 3. The van der Waals surface area contributed by atoms with E-state index >= 15 is 0 Å². The predicted molar refractivity (Wildman–Crippen MR) is 67.1 cm³/mol. The van der Waals surface area contributed by atoms with Gasteiger partial charge in [0.2, 0.25) is 0 Å². The number of hydrogen-bond donors (Lipinski definition) is 1. The molecule has 0 saturated heterocycles. The fourth-order valence-corrected chi connectivity index (χ4v) is 2.29. The fourth-order valence-electron chi connectivity index (χ4n) is 1.45. The van der Waals surface area contributed by atoms with E-state index in [1.807, 2.05) is 35.3 Å². The molecule has 0 aromatic carbocycles. The Bertz CT molecular complexity index is 554. The fraction of sp³-hybridized carbons (Fsp3) is 0.167. The molecular weight excluding hydrogens is 236 g/mol. The molecular formula is C12H12N2O2S. The molecule has 2 rings (SSSR count). The van der Waals surface area contributed by atoms with Crippen molar-refractivity contribution in [2.45, 2.75) is 13.5 Å². The molecule has 0 atom stereocenters. The molecule has 0 aliphatic rings. The van der Waals surface area contributed by atoms with Crippen molar-refractivity contribution in [2.24, 2.45) is 0 Å². The highest BCUT2D eigenvalue weighted by atomic mass is 32.1. The Hall–Kier alpha value is -1.88. The van der Waals surface area contributed by atoms with Crippen molar-refractivity contribution in [1.29, 1.82) is 0 Å². The zero-order valence-electron chi connectivity index (χ0n) is 9.33. The first-order valence-electron chi connectivity index (χ1n) is 5.12. The van der Waals surface area contributed by atoms with Gasteiger partial charge in [0.25, 0.3) is 0 Å². The lowest BCUT2D eigenvalue weighted by Crippen LogP contribution is -1.98. The van der Waals surface area contributed by atoms with E-state index in [9.17, 15) is 4.79 Å². The number of rotatable bonds is 4. The Balaban J connectivity index is 2.06. The zero-order valence-corrected chi connectivity index (χ0v) is 10.1. The molecule has 17 heavy (non-hydrogen) atoms. The second-order valence-corrected chi connectivity index (χ2v) is 4.67. The monoisotopic (exact) mass is 248 g/mol.